The Morgan fingerprint density at radius 3 is 2.50 bits per heavy atom. The molecule has 0 fully saturated rings. The smallest absolute Gasteiger partial charge is 0.387 e. The lowest BCUT2D eigenvalue weighted by Gasteiger charge is -2.08. The van der Waals surface area contributed by atoms with Crippen molar-refractivity contribution in [2.24, 2.45) is 0 Å². The van der Waals surface area contributed by atoms with Gasteiger partial charge in [-0.15, -0.1) is 0 Å². The van der Waals surface area contributed by atoms with Crippen molar-refractivity contribution < 1.29 is 18.3 Å². The summed E-state index contributed by atoms with van der Waals surface area (Å²) in [6, 6.07) is 10.5. The van der Waals surface area contributed by atoms with Crippen LogP contribution in [0.2, 0.25) is 0 Å². The second-order valence-electron chi connectivity index (χ2n) is 4.74. The number of ether oxygens (including phenoxy) is 1. The van der Waals surface area contributed by atoms with Crippen LogP contribution in [0.15, 0.2) is 35.4 Å². The third kappa shape index (κ3) is 5.06. The Balaban J connectivity index is 1.98. The minimum Gasteiger partial charge on any atom is -0.435 e. The molecular formula is C16H11F2N5O2S. The zero-order chi connectivity index (χ0) is 19.1. The molecule has 10 heteroatoms. The molecule has 3 N–H and O–H groups in total. The topological polar surface area (TPSA) is 125 Å². The van der Waals surface area contributed by atoms with Gasteiger partial charge in [0.2, 0.25) is 5.91 Å². The highest BCUT2D eigenvalue weighted by molar-refractivity contribution is 8.00. The molecule has 132 valence electrons. The van der Waals surface area contributed by atoms with Gasteiger partial charge in [0.05, 0.1) is 16.9 Å². The fraction of sp³-hybridized carbons (Fsp3) is 0.125. The average molecular weight is 375 g/mol. The van der Waals surface area contributed by atoms with Gasteiger partial charge in [-0.05, 0) is 30.3 Å². The molecule has 0 aliphatic carbocycles. The highest BCUT2D eigenvalue weighted by Gasteiger charge is 2.12. The first-order valence-electron chi connectivity index (χ1n) is 7.01. The van der Waals surface area contributed by atoms with Gasteiger partial charge in [-0.2, -0.15) is 19.3 Å². The number of alkyl halides is 2. The lowest BCUT2D eigenvalue weighted by atomic mass is 10.2. The number of rotatable bonds is 6. The summed E-state index contributed by atoms with van der Waals surface area (Å²) in [5, 5.41) is 20.8. The van der Waals surface area contributed by atoms with Crippen LogP contribution in [0, 0.1) is 22.7 Å². The SMILES string of the molecule is N#Cc1cc(C#N)c(SCC(=O)Nc2ccc(OC(F)F)cc2)nc1N. The third-order valence-corrected chi connectivity index (χ3v) is 3.95. The van der Waals surface area contributed by atoms with E-state index in [0.29, 0.717) is 5.69 Å². The van der Waals surface area contributed by atoms with Gasteiger partial charge >= 0.3 is 6.61 Å². The lowest BCUT2D eigenvalue weighted by molar-refractivity contribution is -0.113. The van der Waals surface area contributed by atoms with E-state index in [-0.39, 0.29) is 33.5 Å². The highest BCUT2D eigenvalue weighted by Crippen LogP contribution is 2.24. The monoisotopic (exact) mass is 375 g/mol. The van der Waals surface area contributed by atoms with E-state index in [0.717, 1.165) is 11.8 Å². The van der Waals surface area contributed by atoms with Crippen LogP contribution >= 0.6 is 11.8 Å². The maximum Gasteiger partial charge on any atom is 0.387 e. The van der Waals surface area contributed by atoms with Gasteiger partial charge in [-0.3, -0.25) is 4.79 Å². The van der Waals surface area contributed by atoms with Gasteiger partial charge in [-0.25, -0.2) is 4.98 Å². The normalized spacial score (nSPS) is 10.0. The first-order chi connectivity index (χ1) is 12.4. The molecule has 0 saturated carbocycles. The molecule has 0 radical (unpaired) electrons. The van der Waals surface area contributed by atoms with Crippen LogP contribution in [0.25, 0.3) is 0 Å². The number of anilines is 2. The minimum absolute atomic E-state index is 0.0240. The Labute approximate surface area is 151 Å². The van der Waals surface area contributed by atoms with Crippen molar-refractivity contribution in [3.8, 4) is 17.9 Å². The predicted octanol–water partition coefficient (Wildman–Crippen LogP) is 2.74. The molecule has 0 aliphatic rings. The number of amides is 1. The maximum atomic E-state index is 12.1. The summed E-state index contributed by atoms with van der Waals surface area (Å²) in [5.41, 5.74) is 6.23. The number of nitrogens with one attached hydrogen (secondary N) is 1. The zero-order valence-electron chi connectivity index (χ0n) is 13.1. The summed E-state index contributed by atoms with van der Waals surface area (Å²) < 4.78 is 28.4. The Morgan fingerprint density at radius 1 is 1.27 bits per heavy atom. The number of aromatic nitrogens is 1. The molecule has 1 amide bonds. The lowest BCUT2D eigenvalue weighted by Crippen LogP contribution is -2.14. The number of carbonyl (C=O) groups is 1. The Hall–Kier alpha value is -3.37. The van der Waals surface area contributed by atoms with Crippen molar-refractivity contribution in [2.45, 2.75) is 11.6 Å². The van der Waals surface area contributed by atoms with E-state index in [1.54, 1.807) is 0 Å². The van der Waals surface area contributed by atoms with Gasteiger partial charge in [0, 0.05) is 5.69 Å². The van der Waals surface area contributed by atoms with Gasteiger partial charge in [0.1, 0.15) is 28.7 Å². The van der Waals surface area contributed by atoms with E-state index in [9.17, 15) is 13.6 Å². The molecule has 0 aliphatic heterocycles. The van der Waals surface area contributed by atoms with Crippen LogP contribution in [0.1, 0.15) is 11.1 Å². The Kier molecular flexibility index (Phi) is 6.31. The average Bonchev–Trinajstić information content (AvgIpc) is 2.61. The van der Waals surface area contributed by atoms with Crippen LogP contribution in [0.4, 0.5) is 20.3 Å². The fourth-order valence-corrected chi connectivity index (χ4v) is 2.60. The van der Waals surface area contributed by atoms with Crippen LogP contribution in [-0.4, -0.2) is 23.3 Å². The molecule has 0 spiro atoms. The molecule has 0 unspecified atom stereocenters. The fourth-order valence-electron chi connectivity index (χ4n) is 1.84. The largest absolute Gasteiger partial charge is 0.435 e. The quantitative estimate of drug-likeness (QED) is 0.744. The zero-order valence-corrected chi connectivity index (χ0v) is 13.9. The van der Waals surface area contributed by atoms with E-state index in [1.165, 1.54) is 30.3 Å². The molecule has 1 heterocycles. The summed E-state index contributed by atoms with van der Waals surface area (Å²) in [4.78, 5) is 15.9. The number of thioether (sulfide) groups is 1. The molecule has 2 rings (SSSR count). The van der Waals surface area contributed by atoms with Gasteiger partial charge in [0.25, 0.3) is 0 Å². The van der Waals surface area contributed by atoms with Gasteiger partial charge < -0.3 is 15.8 Å². The van der Waals surface area contributed by atoms with Crippen LogP contribution in [0.3, 0.4) is 0 Å². The Morgan fingerprint density at radius 2 is 1.92 bits per heavy atom. The maximum absolute atomic E-state index is 12.1. The van der Waals surface area contributed by atoms with Gasteiger partial charge in [-0.1, -0.05) is 11.8 Å². The number of nitrogen functional groups attached to an aromatic ring is 1. The molecule has 2 aromatic rings. The third-order valence-electron chi connectivity index (χ3n) is 2.96. The Bertz CT molecular complexity index is 891. The second kappa shape index (κ2) is 8.65. The predicted molar refractivity (Wildman–Crippen MR) is 90.5 cm³/mol. The number of nitriles is 2. The summed E-state index contributed by atoms with van der Waals surface area (Å²) in [7, 11) is 0. The number of hydrogen-bond acceptors (Lipinski definition) is 7. The number of halogens is 2. The van der Waals surface area contributed by atoms with Crippen molar-refractivity contribution >= 4 is 29.2 Å². The highest BCUT2D eigenvalue weighted by atomic mass is 32.2. The van der Waals surface area contributed by atoms with E-state index >= 15 is 0 Å². The molecule has 1 aromatic carbocycles. The number of carbonyl (C=O) groups excluding carboxylic acids is 1. The molecular weight excluding hydrogens is 364 g/mol. The number of hydrogen-bond donors (Lipinski definition) is 2. The van der Waals surface area contributed by atoms with E-state index in [1.807, 2.05) is 12.1 Å². The number of benzene rings is 1. The minimum atomic E-state index is -2.92. The van der Waals surface area contributed by atoms with Crippen molar-refractivity contribution in [1.82, 2.24) is 4.98 Å². The molecule has 1 aromatic heterocycles. The van der Waals surface area contributed by atoms with Crippen molar-refractivity contribution in [1.29, 1.82) is 10.5 Å². The van der Waals surface area contributed by atoms with Crippen molar-refractivity contribution in [2.75, 3.05) is 16.8 Å². The van der Waals surface area contributed by atoms with Crippen molar-refractivity contribution in [3.05, 3.63) is 41.5 Å². The van der Waals surface area contributed by atoms with E-state index in [4.69, 9.17) is 16.3 Å². The van der Waals surface area contributed by atoms with Gasteiger partial charge in [0.15, 0.2) is 0 Å². The van der Waals surface area contributed by atoms with E-state index < -0.39 is 12.5 Å². The molecule has 0 atom stereocenters. The van der Waals surface area contributed by atoms with Crippen LogP contribution in [0.5, 0.6) is 5.75 Å². The first-order valence-corrected chi connectivity index (χ1v) is 7.99. The molecule has 0 saturated heterocycles. The van der Waals surface area contributed by atoms with E-state index in [2.05, 4.69) is 15.0 Å². The number of nitrogens with two attached hydrogens (primary N) is 1. The molecule has 26 heavy (non-hydrogen) atoms. The number of nitrogens with zero attached hydrogens (tertiary/aromatic N) is 3. The number of pyridine rings is 1. The first kappa shape index (κ1) is 19.0. The second-order valence-corrected chi connectivity index (χ2v) is 5.70. The molecule has 7 nitrogen and oxygen atoms in total. The summed E-state index contributed by atoms with van der Waals surface area (Å²) >= 11 is 0.985. The standard InChI is InChI=1S/C16H11F2N5O2S/c17-16(18)25-12-3-1-11(2-4-12)22-13(24)8-26-15-10(7-20)5-9(6-19)14(21)23-15/h1-5,16H,8H2,(H2,21,23)(H,22,24). The summed E-state index contributed by atoms with van der Waals surface area (Å²) in [6.07, 6.45) is 0. The summed E-state index contributed by atoms with van der Waals surface area (Å²) in [6.45, 7) is -2.92. The van der Waals surface area contributed by atoms with Crippen molar-refractivity contribution in [3.63, 3.8) is 0 Å². The van der Waals surface area contributed by atoms with Crippen LogP contribution in [-0.2, 0) is 4.79 Å². The molecule has 0 bridgehead atoms. The summed E-state index contributed by atoms with van der Waals surface area (Å²) in [5.74, 6) is -0.513. The van der Waals surface area contributed by atoms with Crippen LogP contribution < -0.4 is 15.8 Å².